The molecule has 0 spiro atoms. The molecule has 0 unspecified atom stereocenters. The van der Waals surface area contributed by atoms with E-state index in [1.165, 1.54) is 0 Å². The predicted octanol–water partition coefficient (Wildman–Crippen LogP) is 6.53. The monoisotopic (exact) mass is 550 g/mol. The van der Waals surface area contributed by atoms with E-state index in [-0.39, 0.29) is 29.9 Å². The summed E-state index contributed by atoms with van der Waals surface area (Å²) in [4.78, 5) is 36.0. The lowest BCUT2D eigenvalue weighted by atomic mass is 9.79. The zero-order valence-electron chi connectivity index (χ0n) is 24.1. The normalized spacial score (nSPS) is 19.2. The first-order chi connectivity index (χ1) is 19.8. The van der Waals surface area contributed by atoms with Crippen LogP contribution in [0.2, 0.25) is 0 Å². The lowest BCUT2D eigenvalue weighted by Crippen LogP contribution is -2.51. The number of fused-ring (bicyclic) bond motifs is 1. The van der Waals surface area contributed by atoms with Gasteiger partial charge in [-0.15, -0.1) is 0 Å². The third-order valence-corrected chi connectivity index (χ3v) is 8.10. The molecule has 2 aromatic carbocycles. The second kappa shape index (κ2) is 11.0. The van der Waals surface area contributed by atoms with Crippen molar-refractivity contribution in [1.82, 2.24) is 19.2 Å². The molecule has 1 aliphatic heterocycles. The third-order valence-electron chi connectivity index (χ3n) is 8.10. The van der Waals surface area contributed by atoms with Crippen molar-refractivity contribution in [1.29, 1.82) is 0 Å². The van der Waals surface area contributed by atoms with Crippen molar-refractivity contribution in [2.24, 2.45) is 5.92 Å². The largest absolute Gasteiger partial charge is 0.444 e. The molecule has 0 radical (unpaired) electrons. The van der Waals surface area contributed by atoms with Gasteiger partial charge in [-0.3, -0.25) is 4.79 Å². The number of nitrogens with zero attached hydrogens (tertiary/aromatic N) is 4. The Morgan fingerprint density at radius 2 is 1.71 bits per heavy atom. The first-order valence-corrected chi connectivity index (χ1v) is 14.6. The van der Waals surface area contributed by atoms with E-state index in [0.29, 0.717) is 26.1 Å². The van der Waals surface area contributed by atoms with Crippen LogP contribution in [0, 0.1) is 5.92 Å². The number of likely N-dealkylation sites (tertiary alicyclic amines) is 1. The second-order valence-electron chi connectivity index (χ2n) is 12.3. The molecule has 0 bridgehead atoms. The summed E-state index contributed by atoms with van der Waals surface area (Å²) >= 11 is 0. The molecule has 2 amide bonds. The summed E-state index contributed by atoms with van der Waals surface area (Å²) in [6, 6.07) is 25.0. The summed E-state index contributed by atoms with van der Waals surface area (Å²) in [7, 11) is 0. The average Bonchev–Trinajstić information content (AvgIpc) is 3.74. The molecule has 2 aliphatic rings. The van der Waals surface area contributed by atoms with Crippen LogP contribution in [0.3, 0.4) is 0 Å². The minimum Gasteiger partial charge on any atom is -0.444 e. The topological polar surface area (TPSA) is 67.2 Å². The first kappa shape index (κ1) is 27.1. The zero-order chi connectivity index (χ0) is 28.6. The van der Waals surface area contributed by atoms with E-state index in [1.54, 1.807) is 4.90 Å². The fourth-order valence-corrected chi connectivity index (χ4v) is 5.94. The number of piperidine rings is 1. The minimum absolute atomic E-state index is 0.00622. The van der Waals surface area contributed by atoms with Crippen molar-refractivity contribution in [3.63, 3.8) is 0 Å². The standard InChI is InChI=1S/C34H38N4O3/c1-34(2,3)41-33(40)36-19-17-29(26-13-9-12-25(20-26)24-10-5-4-6-11-24)30(23-36)32(39)38(27-15-16-27)22-28-21-35-31-14-7-8-18-37(28)31/h4-14,18,20-21,27,29-30H,15-17,19,22-23H2,1-3H3/t29-,30+/m1/s1. The Labute approximate surface area is 241 Å². The van der Waals surface area contributed by atoms with Crippen molar-refractivity contribution in [2.75, 3.05) is 13.1 Å². The summed E-state index contributed by atoms with van der Waals surface area (Å²) in [5.74, 6) is -0.280. The number of carbonyl (C=O) groups is 2. The van der Waals surface area contributed by atoms with E-state index in [4.69, 9.17) is 4.74 Å². The van der Waals surface area contributed by atoms with E-state index in [9.17, 15) is 9.59 Å². The van der Waals surface area contributed by atoms with Gasteiger partial charge in [-0.25, -0.2) is 9.78 Å². The molecule has 2 aromatic heterocycles. The van der Waals surface area contributed by atoms with E-state index in [1.807, 2.05) is 74.5 Å². The molecule has 3 heterocycles. The van der Waals surface area contributed by atoms with Crippen molar-refractivity contribution >= 4 is 17.6 Å². The van der Waals surface area contributed by atoms with E-state index in [0.717, 1.165) is 40.9 Å². The number of imidazole rings is 1. The smallest absolute Gasteiger partial charge is 0.410 e. The van der Waals surface area contributed by atoms with Gasteiger partial charge in [-0.05, 0) is 74.8 Å². The Bertz CT molecular complexity index is 1540. The van der Waals surface area contributed by atoms with Gasteiger partial charge in [0.2, 0.25) is 5.91 Å². The van der Waals surface area contributed by atoms with Crippen LogP contribution in [0.4, 0.5) is 4.79 Å². The highest BCUT2D eigenvalue weighted by Gasteiger charge is 2.43. The Morgan fingerprint density at radius 1 is 0.951 bits per heavy atom. The summed E-state index contributed by atoms with van der Waals surface area (Å²) in [6.07, 6.45) is 6.20. The number of hydrogen-bond donors (Lipinski definition) is 0. The molecule has 212 valence electrons. The minimum atomic E-state index is -0.597. The number of pyridine rings is 1. The maximum absolute atomic E-state index is 14.6. The van der Waals surface area contributed by atoms with E-state index < -0.39 is 5.60 Å². The molecule has 1 aliphatic carbocycles. The molecule has 2 atom stereocenters. The quantitative estimate of drug-likeness (QED) is 0.274. The fraction of sp³-hybridized carbons (Fsp3) is 0.382. The average molecular weight is 551 g/mol. The SMILES string of the molecule is CC(C)(C)OC(=O)N1CC[C@H](c2cccc(-c3ccccc3)c2)[C@@H](C(=O)N(Cc2cnc3ccccn23)C2CC2)C1. The zero-order valence-corrected chi connectivity index (χ0v) is 24.1. The van der Waals surface area contributed by atoms with Gasteiger partial charge in [0.25, 0.3) is 0 Å². The van der Waals surface area contributed by atoms with Crippen LogP contribution in [0.1, 0.15) is 57.2 Å². The van der Waals surface area contributed by atoms with Gasteiger partial charge < -0.3 is 18.9 Å². The van der Waals surface area contributed by atoms with Gasteiger partial charge in [0.15, 0.2) is 0 Å². The lowest BCUT2D eigenvalue weighted by molar-refractivity contribution is -0.139. The van der Waals surface area contributed by atoms with Crippen LogP contribution in [-0.2, 0) is 16.1 Å². The van der Waals surface area contributed by atoms with Crippen LogP contribution in [-0.4, -0.2) is 55.9 Å². The van der Waals surface area contributed by atoms with E-state index in [2.05, 4.69) is 45.8 Å². The highest BCUT2D eigenvalue weighted by molar-refractivity contribution is 5.82. The molecule has 6 rings (SSSR count). The number of amides is 2. The molecule has 7 heteroatoms. The molecule has 1 saturated carbocycles. The van der Waals surface area contributed by atoms with Gasteiger partial charge in [0, 0.05) is 25.3 Å². The summed E-state index contributed by atoms with van der Waals surface area (Å²) < 4.78 is 7.78. The molecule has 41 heavy (non-hydrogen) atoms. The Balaban J connectivity index is 1.32. The molecule has 1 saturated heterocycles. The number of carbonyl (C=O) groups excluding carboxylic acids is 2. The predicted molar refractivity (Wildman–Crippen MR) is 159 cm³/mol. The first-order valence-electron chi connectivity index (χ1n) is 14.6. The Hall–Kier alpha value is -4.13. The van der Waals surface area contributed by atoms with Crippen molar-refractivity contribution in [2.45, 2.75) is 64.1 Å². The van der Waals surface area contributed by atoms with Crippen LogP contribution < -0.4 is 0 Å². The van der Waals surface area contributed by atoms with Crippen LogP contribution in [0.5, 0.6) is 0 Å². The molecule has 0 N–H and O–H groups in total. The second-order valence-corrected chi connectivity index (χ2v) is 12.3. The third kappa shape index (κ3) is 5.99. The van der Waals surface area contributed by atoms with Crippen LogP contribution in [0.25, 0.3) is 16.8 Å². The van der Waals surface area contributed by atoms with Gasteiger partial charge in [0.05, 0.1) is 24.4 Å². The molecular formula is C34H38N4O3. The Morgan fingerprint density at radius 3 is 2.46 bits per heavy atom. The molecule has 2 fully saturated rings. The van der Waals surface area contributed by atoms with Gasteiger partial charge >= 0.3 is 6.09 Å². The van der Waals surface area contributed by atoms with Crippen LogP contribution >= 0.6 is 0 Å². The van der Waals surface area contributed by atoms with E-state index >= 15 is 0 Å². The molecule has 4 aromatic rings. The summed E-state index contributed by atoms with van der Waals surface area (Å²) in [5.41, 5.74) is 4.68. The van der Waals surface area contributed by atoms with Crippen molar-refractivity contribution in [3.8, 4) is 11.1 Å². The highest BCUT2D eigenvalue weighted by atomic mass is 16.6. The maximum atomic E-state index is 14.6. The van der Waals surface area contributed by atoms with Gasteiger partial charge in [-0.1, -0.05) is 60.7 Å². The van der Waals surface area contributed by atoms with Crippen LogP contribution in [0.15, 0.2) is 85.2 Å². The maximum Gasteiger partial charge on any atom is 0.410 e. The number of rotatable bonds is 6. The summed E-state index contributed by atoms with van der Waals surface area (Å²) in [6.45, 7) is 7.01. The number of benzene rings is 2. The molecule has 7 nitrogen and oxygen atoms in total. The van der Waals surface area contributed by atoms with Gasteiger partial charge in [-0.2, -0.15) is 0 Å². The van der Waals surface area contributed by atoms with Gasteiger partial charge in [0.1, 0.15) is 11.2 Å². The fourth-order valence-electron chi connectivity index (χ4n) is 5.94. The number of hydrogen-bond acceptors (Lipinski definition) is 4. The Kier molecular flexibility index (Phi) is 7.28. The number of ether oxygens (including phenoxy) is 1. The highest BCUT2D eigenvalue weighted by Crippen LogP contribution is 2.39. The van der Waals surface area contributed by atoms with Crippen molar-refractivity contribution in [3.05, 3.63) is 96.4 Å². The summed E-state index contributed by atoms with van der Waals surface area (Å²) in [5, 5.41) is 0. The number of aromatic nitrogens is 2. The lowest BCUT2D eigenvalue weighted by Gasteiger charge is -2.40. The van der Waals surface area contributed by atoms with Crippen molar-refractivity contribution < 1.29 is 14.3 Å². The molecular weight excluding hydrogens is 512 g/mol.